The Hall–Kier alpha value is -2.44. The molecule has 2 aromatic heterocycles. The molecule has 1 fully saturated rings. The Bertz CT molecular complexity index is 778. The van der Waals surface area contributed by atoms with Crippen molar-refractivity contribution in [2.45, 2.75) is 38.6 Å². The molecule has 7 heteroatoms. The van der Waals surface area contributed by atoms with Crippen LogP contribution >= 0.6 is 0 Å². The minimum absolute atomic E-state index is 0.118. The van der Waals surface area contributed by atoms with Gasteiger partial charge in [-0.3, -0.25) is 9.59 Å². The maximum atomic E-state index is 12.8. The topological polar surface area (TPSA) is 81.2 Å². The molecule has 2 aromatic rings. The van der Waals surface area contributed by atoms with E-state index in [1.807, 2.05) is 13.8 Å². The highest BCUT2D eigenvalue weighted by atomic mass is 16.5. The molecule has 0 saturated carbocycles. The van der Waals surface area contributed by atoms with Gasteiger partial charge in [0.1, 0.15) is 6.04 Å². The van der Waals surface area contributed by atoms with Crippen LogP contribution in [-0.4, -0.2) is 32.1 Å². The molecule has 1 aliphatic rings. The van der Waals surface area contributed by atoms with Crippen LogP contribution in [0.4, 0.5) is 0 Å². The van der Waals surface area contributed by atoms with Crippen LogP contribution in [0.1, 0.15) is 60.7 Å². The van der Waals surface area contributed by atoms with E-state index in [0.717, 1.165) is 12.8 Å². The molecule has 23 heavy (non-hydrogen) atoms. The number of hydrogen-bond donors (Lipinski definition) is 0. The molecule has 122 valence electrons. The predicted molar refractivity (Wildman–Crippen MR) is 83.1 cm³/mol. The quantitative estimate of drug-likeness (QED) is 0.863. The lowest BCUT2D eigenvalue weighted by Crippen LogP contribution is -2.31. The number of nitrogens with zero attached hydrogens (tertiary/aromatic N) is 4. The second-order valence-electron chi connectivity index (χ2n) is 6.17. The molecule has 1 amide bonds. The lowest BCUT2D eigenvalue weighted by atomic mass is 10.2. The summed E-state index contributed by atoms with van der Waals surface area (Å²) < 4.78 is 6.76. The third-order valence-corrected chi connectivity index (χ3v) is 4.11. The summed E-state index contributed by atoms with van der Waals surface area (Å²) in [5.74, 6) is 1.21. The lowest BCUT2D eigenvalue weighted by molar-refractivity contribution is 0.0709. The van der Waals surface area contributed by atoms with Crippen molar-refractivity contribution in [2.24, 2.45) is 7.05 Å². The zero-order valence-electron chi connectivity index (χ0n) is 13.5. The molecule has 7 nitrogen and oxygen atoms in total. The Morgan fingerprint density at radius 2 is 2.17 bits per heavy atom. The third kappa shape index (κ3) is 2.91. The van der Waals surface area contributed by atoms with Gasteiger partial charge < -0.3 is 14.0 Å². The molecule has 0 N–H and O–H groups in total. The molecule has 1 saturated heterocycles. The number of amides is 1. The van der Waals surface area contributed by atoms with Gasteiger partial charge in [-0.2, -0.15) is 4.98 Å². The number of aryl methyl sites for hydroxylation is 1. The van der Waals surface area contributed by atoms with Crippen LogP contribution in [0.5, 0.6) is 0 Å². The average Bonchev–Trinajstić information content (AvgIpc) is 3.17. The van der Waals surface area contributed by atoms with Gasteiger partial charge in [0.05, 0.1) is 5.56 Å². The third-order valence-electron chi connectivity index (χ3n) is 4.11. The van der Waals surface area contributed by atoms with E-state index in [-0.39, 0.29) is 23.4 Å². The molecular weight excluding hydrogens is 296 g/mol. The molecule has 3 heterocycles. The van der Waals surface area contributed by atoms with E-state index < -0.39 is 0 Å². The minimum atomic E-state index is -0.195. The van der Waals surface area contributed by atoms with Crippen molar-refractivity contribution in [3.63, 3.8) is 0 Å². The smallest absolute Gasteiger partial charge is 0.256 e. The molecule has 0 bridgehead atoms. The van der Waals surface area contributed by atoms with Gasteiger partial charge in [-0.05, 0) is 18.9 Å². The van der Waals surface area contributed by atoms with E-state index in [4.69, 9.17) is 4.52 Å². The van der Waals surface area contributed by atoms with E-state index in [9.17, 15) is 9.59 Å². The van der Waals surface area contributed by atoms with Crippen molar-refractivity contribution in [2.75, 3.05) is 6.54 Å². The standard InChI is InChI=1S/C16H20N4O3/c1-10(2)14-17-15(23-18-14)12-5-4-8-20(12)16(22)11-6-7-13(21)19(3)9-11/h6-7,9-10,12H,4-5,8H2,1-3H3/t12-/m0/s1. The van der Waals surface area contributed by atoms with Gasteiger partial charge >= 0.3 is 0 Å². The van der Waals surface area contributed by atoms with Crippen LogP contribution < -0.4 is 5.56 Å². The number of aromatic nitrogens is 3. The highest BCUT2D eigenvalue weighted by molar-refractivity contribution is 5.94. The van der Waals surface area contributed by atoms with Gasteiger partial charge in [0.25, 0.3) is 5.91 Å². The number of pyridine rings is 1. The van der Waals surface area contributed by atoms with Gasteiger partial charge in [0.15, 0.2) is 5.82 Å². The Morgan fingerprint density at radius 3 is 2.83 bits per heavy atom. The van der Waals surface area contributed by atoms with Gasteiger partial charge in [-0.1, -0.05) is 19.0 Å². The second-order valence-corrected chi connectivity index (χ2v) is 6.17. The summed E-state index contributed by atoms with van der Waals surface area (Å²) in [4.78, 5) is 30.4. The highest BCUT2D eigenvalue weighted by Gasteiger charge is 2.34. The second kappa shape index (κ2) is 5.98. The normalized spacial score (nSPS) is 17.9. The maximum Gasteiger partial charge on any atom is 0.256 e. The van der Waals surface area contributed by atoms with Crippen molar-refractivity contribution < 1.29 is 9.32 Å². The number of likely N-dealkylation sites (tertiary alicyclic amines) is 1. The van der Waals surface area contributed by atoms with Gasteiger partial charge in [-0.15, -0.1) is 0 Å². The Morgan fingerprint density at radius 1 is 1.39 bits per heavy atom. The Balaban J connectivity index is 1.86. The lowest BCUT2D eigenvalue weighted by Gasteiger charge is -2.22. The molecule has 0 radical (unpaired) electrons. The summed E-state index contributed by atoms with van der Waals surface area (Å²) in [6.45, 7) is 4.64. The first kappa shape index (κ1) is 15.5. The zero-order chi connectivity index (χ0) is 16.6. The number of carbonyl (C=O) groups excluding carboxylic acids is 1. The summed E-state index contributed by atoms with van der Waals surface area (Å²) in [5, 5.41) is 3.98. The summed E-state index contributed by atoms with van der Waals surface area (Å²) in [6, 6.07) is 2.77. The van der Waals surface area contributed by atoms with E-state index >= 15 is 0 Å². The van der Waals surface area contributed by atoms with Crippen LogP contribution in [0.15, 0.2) is 27.6 Å². The van der Waals surface area contributed by atoms with Crippen LogP contribution in [0.2, 0.25) is 0 Å². The van der Waals surface area contributed by atoms with E-state index in [0.29, 0.717) is 23.8 Å². The molecule has 1 aliphatic heterocycles. The fourth-order valence-corrected chi connectivity index (χ4v) is 2.77. The summed E-state index contributed by atoms with van der Waals surface area (Å²) >= 11 is 0. The van der Waals surface area contributed by atoms with Crippen molar-refractivity contribution in [1.82, 2.24) is 19.6 Å². The van der Waals surface area contributed by atoms with E-state index in [2.05, 4.69) is 10.1 Å². The first-order valence-electron chi connectivity index (χ1n) is 7.78. The van der Waals surface area contributed by atoms with E-state index in [1.54, 1.807) is 24.2 Å². The monoisotopic (exact) mass is 316 g/mol. The summed E-state index contributed by atoms with van der Waals surface area (Å²) in [5.41, 5.74) is 0.348. The van der Waals surface area contributed by atoms with Gasteiger partial charge in [-0.25, -0.2) is 0 Å². The molecular formula is C16H20N4O3. The van der Waals surface area contributed by atoms with Crippen LogP contribution in [0.3, 0.4) is 0 Å². The zero-order valence-corrected chi connectivity index (χ0v) is 13.5. The molecule has 0 spiro atoms. The summed E-state index contributed by atoms with van der Waals surface area (Å²) in [6.07, 6.45) is 3.26. The Labute approximate surface area is 133 Å². The maximum absolute atomic E-state index is 12.8. The molecule has 0 aliphatic carbocycles. The van der Waals surface area contributed by atoms with E-state index in [1.165, 1.54) is 10.6 Å². The van der Waals surface area contributed by atoms with Crippen molar-refractivity contribution in [3.8, 4) is 0 Å². The van der Waals surface area contributed by atoms with Crippen LogP contribution in [-0.2, 0) is 7.05 Å². The SMILES string of the molecule is CC(C)c1noc([C@@H]2CCCN2C(=O)c2ccc(=O)n(C)c2)n1. The Kier molecular flexibility index (Phi) is 4.02. The van der Waals surface area contributed by atoms with Gasteiger partial charge in [0, 0.05) is 31.8 Å². The minimum Gasteiger partial charge on any atom is -0.337 e. The van der Waals surface area contributed by atoms with Crippen molar-refractivity contribution in [1.29, 1.82) is 0 Å². The molecule has 3 rings (SSSR count). The first-order chi connectivity index (χ1) is 11.0. The highest BCUT2D eigenvalue weighted by Crippen LogP contribution is 2.32. The predicted octanol–water partition coefficient (Wildman–Crippen LogP) is 1.87. The number of rotatable bonds is 3. The number of carbonyl (C=O) groups is 1. The fraction of sp³-hybridized carbons (Fsp3) is 0.500. The van der Waals surface area contributed by atoms with Crippen LogP contribution in [0, 0.1) is 0 Å². The molecule has 0 aromatic carbocycles. The molecule has 1 atom stereocenters. The van der Waals surface area contributed by atoms with Crippen LogP contribution in [0.25, 0.3) is 0 Å². The fourth-order valence-electron chi connectivity index (χ4n) is 2.77. The average molecular weight is 316 g/mol. The van der Waals surface area contributed by atoms with Gasteiger partial charge in [0.2, 0.25) is 11.4 Å². The summed E-state index contributed by atoms with van der Waals surface area (Å²) in [7, 11) is 1.63. The largest absolute Gasteiger partial charge is 0.337 e. The van der Waals surface area contributed by atoms with Crippen molar-refractivity contribution >= 4 is 5.91 Å². The first-order valence-corrected chi connectivity index (χ1v) is 7.78. The van der Waals surface area contributed by atoms with Crippen molar-refractivity contribution in [3.05, 3.63) is 46.0 Å². The number of hydrogen-bond acceptors (Lipinski definition) is 5. The molecule has 0 unspecified atom stereocenters.